The Labute approximate surface area is 191 Å². The second-order valence-corrected chi connectivity index (χ2v) is 7.58. The van der Waals surface area contributed by atoms with Gasteiger partial charge < -0.3 is 16.4 Å². The van der Waals surface area contributed by atoms with Crippen LogP contribution in [0.25, 0.3) is 5.57 Å². The summed E-state index contributed by atoms with van der Waals surface area (Å²) in [4.78, 5) is 24.4. The molecule has 0 saturated heterocycles. The largest absolute Gasteiger partial charge is 0.364 e. The van der Waals surface area contributed by atoms with E-state index in [1.807, 2.05) is 37.3 Å². The fourth-order valence-electron chi connectivity index (χ4n) is 3.50. The van der Waals surface area contributed by atoms with Crippen LogP contribution in [-0.4, -0.2) is 11.8 Å². The molecule has 5 nitrogen and oxygen atoms in total. The Bertz CT molecular complexity index is 1150. The number of primary amides is 1. The zero-order chi connectivity index (χ0) is 24.0. The van der Waals surface area contributed by atoms with Gasteiger partial charge in [0.2, 0.25) is 5.91 Å². The minimum Gasteiger partial charge on any atom is -0.364 e. The molecular formula is C26H25F2N3O2. The number of carbonyl (C=O) groups excluding carboxylic acids is 2. The summed E-state index contributed by atoms with van der Waals surface area (Å²) in [5.74, 6) is -0.856. The minimum absolute atomic E-state index is 0.101. The number of allylic oxidation sites excluding steroid dienone is 5. The maximum atomic E-state index is 12.6. The van der Waals surface area contributed by atoms with Crippen molar-refractivity contribution >= 4 is 23.1 Å². The molecule has 0 unspecified atom stereocenters. The van der Waals surface area contributed by atoms with Crippen molar-refractivity contribution in [3.63, 3.8) is 0 Å². The molecule has 1 heterocycles. The second kappa shape index (κ2) is 10.5. The predicted octanol–water partition coefficient (Wildman–Crippen LogP) is 5.01. The van der Waals surface area contributed by atoms with E-state index in [4.69, 9.17) is 5.73 Å². The van der Waals surface area contributed by atoms with Gasteiger partial charge in [-0.15, -0.1) is 0 Å². The normalized spacial score (nSPS) is 15.3. The monoisotopic (exact) mass is 449 g/mol. The first-order chi connectivity index (χ1) is 15.8. The van der Waals surface area contributed by atoms with E-state index in [1.165, 1.54) is 24.3 Å². The number of amides is 2. The Kier molecular flexibility index (Phi) is 7.56. The molecule has 1 aliphatic rings. The van der Waals surface area contributed by atoms with Crippen molar-refractivity contribution in [3.05, 3.63) is 107 Å². The molecule has 0 atom stereocenters. The van der Waals surface area contributed by atoms with E-state index in [0.29, 0.717) is 17.7 Å². The fraction of sp³-hybridized carbons (Fsp3) is 0.154. The summed E-state index contributed by atoms with van der Waals surface area (Å²) >= 11 is 0. The van der Waals surface area contributed by atoms with E-state index in [1.54, 1.807) is 12.1 Å². The van der Waals surface area contributed by atoms with Crippen molar-refractivity contribution in [2.45, 2.75) is 26.2 Å². The quantitative estimate of drug-likeness (QED) is 0.556. The van der Waals surface area contributed by atoms with Gasteiger partial charge in [-0.1, -0.05) is 55.1 Å². The smallest absolute Gasteiger partial charge is 0.265 e. The van der Waals surface area contributed by atoms with Crippen LogP contribution in [-0.2, 0) is 16.0 Å². The number of halogens is 2. The van der Waals surface area contributed by atoms with Gasteiger partial charge in [0.15, 0.2) is 0 Å². The lowest BCUT2D eigenvalue weighted by Gasteiger charge is -2.25. The molecule has 7 heteroatoms. The molecular weight excluding hydrogens is 424 g/mol. The van der Waals surface area contributed by atoms with Crippen LogP contribution in [0.2, 0.25) is 0 Å². The SMILES string of the molecule is C=C1C/C(=C\C=C/C)NC(C(N)=O)=C1c1ccc(CC(=O)Nc2ccc(C(F)F)cc2)cc1. The lowest BCUT2D eigenvalue weighted by molar-refractivity contribution is -0.116. The number of hydrogen-bond donors (Lipinski definition) is 3. The first-order valence-electron chi connectivity index (χ1n) is 10.4. The summed E-state index contributed by atoms with van der Waals surface area (Å²) in [6.45, 7) is 6.01. The average Bonchev–Trinajstić information content (AvgIpc) is 2.78. The summed E-state index contributed by atoms with van der Waals surface area (Å²) < 4.78 is 25.3. The second-order valence-electron chi connectivity index (χ2n) is 7.58. The van der Waals surface area contributed by atoms with Crippen LogP contribution in [0.4, 0.5) is 14.5 Å². The number of alkyl halides is 2. The topological polar surface area (TPSA) is 84.2 Å². The third-order valence-corrected chi connectivity index (χ3v) is 5.08. The molecule has 2 aromatic rings. The van der Waals surface area contributed by atoms with Gasteiger partial charge in [0.25, 0.3) is 12.3 Å². The van der Waals surface area contributed by atoms with Crippen molar-refractivity contribution in [2.24, 2.45) is 5.73 Å². The van der Waals surface area contributed by atoms with Gasteiger partial charge in [-0.25, -0.2) is 8.78 Å². The summed E-state index contributed by atoms with van der Waals surface area (Å²) in [6, 6.07) is 12.7. The maximum absolute atomic E-state index is 12.6. The number of nitrogens with one attached hydrogen (secondary N) is 2. The number of benzene rings is 2. The molecule has 1 aliphatic heterocycles. The highest BCUT2D eigenvalue weighted by Gasteiger charge is 2.23. The number of hydrogen-bond acceptors (Lipinski definition) is 3. The van der Waals surface area contributed by atoms with Gasteiger partial charge in [0.05, 0.1) is 6.42 Å². The first-order valence-corrected chi connectivity index (χ1v) is 10.4. The molecule has 4 N–H and O–H groups in total. The molecule has 0 bridgehead atoms. The van der Waals surface area contributed by atoms with E-state index < -0.39 is 12.3 Å². The molecule has 2 aromatic carbocycles. The summed E-state index contributed by atoms with van der Waals surface area (Å²) in [5.41, 5.74) is 9.98. The molecule has 0 saturated carbocycles. The van der Waals surface area contributed by atoms with Gasteiger partial charge in [-0.05, 0) is 41.8 Å². The van der Waals surface area contributed by atoms with Crippen LogP contribution in [0, 0.1) is 0 Å². The Hall–Kier alpha value is -4.00. The third-order valence-electron chi connectivity index (χ3n) is 5.08. The standard InChI is InChI=1S/C26H25F2N3O2/c1-3-4-5-21-14-16(2)23(24(31-21)26(29)33)18-8-6-17(7-9-18)15-22(32)30-20-12-10-19(11-13-20)25(27)28/h3-13,25,31H,2,14-15H2,1H3,(H2,29,33)(H,30,32)/b4-3-,21-5+. The van der Waals surface area contributed by atoms with E-state index in [9.17, 15) is 18.4 Å². The van der Waals surface area contributed by atoms with Crippen LogP contribution in [0.15, 0.2) is 90.3 Å². The van der Waals surface area contributed by atoms with Crippen molar-refractivity contribution in [3.8, 4) is 0 Å². The third kappa shape index (κ3) is 6.04. The lowest BCUT2D eigenvalue weighted by atomic mass is 9.89. The first kappa shape index (κ1) is 23.7. The van der Waals surface area contributed by atoms with Gasteiger partial charge in [-0.3, -0.25) is 9.59 Å². The Morgan fingerprint density at radius 1 is 1.15 bits per heavy atom. The Morgan fingerprint density at radius 3 is 2.39 bits per heavy atom. The van der Waals surface area contributed by atoms with Crippen molar-refractivity contribution in [1.29, 1.82) is 0 Å². The molecule has 0 radical (unpaired) electrons. The Balaban J connectivity index is 1.74. The zero-order valence-corrected chi connectivity index (χ0v) is 18.2. The molecule has 0 spiro atoms. The molecule has 0 aromatic heterocycles. The van der Waals surface area contributed by atoms with Crippen LogP contribution >= 0.6 is 0 Å². The molecule has 0 aliphatic carbocycles. The number of anilines is 1. The molecule has 2 amide bonds. The summed E-state index contributed by atoms with van der Waals surface area (Å²) in [7, 11) is 0. The maximum Gasteiger partial charge on any atom is 0.265 e. The summed E-state index contributed by atoms with van der Waals surface area (Å²) in [5, 5.41) is 5.79. The van der Waals surface area contributed by atoms with Gasteiger partial charge in [-0.2, -0.15) is 0 Å². The van der Waals surface area contributed by atoms with Crippen LogP contribution < -0.4 is 16.4 Å². The molecule has 170 valence electrons. The highest BCUT2D eigenvalue weighted by molar-refractivity contribution is 6.04. The average molecular weight is 450 g/mol. The molecule has 33 heavy (non-hydrogen) atoms. The van der Waals surface area contributed by atoms with E-state index in [0.717, 1.165) is 22.4 Å². The van der Waals surface area contributed by atoms with Gasteiger partial charge in [0, 0.05) is 28.9 Å². The number of rotatable bonds is 7. The lowest BCUT2D eigenvalue weighted by Crippen LogP contribution is -2.30. The Morgan fingerprint density at radius 2 is 1.82 bits per heavy atom. The zero-order valence-electron chi connectivity index (χ0n) is 18.2. The van der Waals surface area contributed by atoms with Crippen molar-refractivity contribution < 1.29 is 18.4 Å². The summed E-state index contributed by atoms with van der Waals surface area (Å²) in [6.07, 6.45) is 3.72. The van der Waals surface area contributed by atoms with Crippen LogP contribution in [0.3, 0.4) is 0 Å². The van der Waals surface area contributed by atoms with Crippen molar-refractivity contribution in [1.82, 2.24) is 5.32 Å². The van der Waals surface area contributed by atoms with E-state index in [-0.39, 0.29) is 23.6 Å². The van der Waals surface area contributed by atoms with E-state index in [2.05, 4.69) is 17.2 Å². The van der Waals surface area contributed by atoms with E-state index >= 15 is 0 Å². The molecule has 3 rings (SSSR count). The van der Waals surface area contributed by atoms with Crippen LogP contribution in [0.5, 0.6) is 0 Å². The highest BCUT2D eigenvalue weighted by atomic mass is 19.3. The fourth-order valence-corrected chi connectivity index (χ4v) is 3.50. The van der Waals surface area contributed by atoms with Gasteiger partial charge >= 0.3 is 0 Å². The van der Waals surface area contributed by atoms with Crippen molar-refractivity contribution in [2.75, 3.05) is 5.32 Å². The minimum atomic E-state index is -2.55. The highest BCUT2D eigenvalue weighted by Crippen LogP contribution is 2.33. The predicted molar refractivity (Wildman–Crippen MR) is 126 cm³/mol. The molecule has 0 fully saturated rings. The van der Waals surface area contributed by atoms with Gasteiger partial charge in [0.1, 0.15) is 5.70 Å². The number of nitrogens with two attached hydrogens (primary N) is 1. The number of carbonyl (C=O) groups is 2. The van der Waals surface area contributed by atoms with Crippen LogP contribution in [0.1, 0.15) is 36.5 Å².